The van der Waals surface area contributed by atoms with Crippen LogP contribution in [-0.4, -0.2) is 39.4 Å². The Morgan fingerprint density at radius 2 is 1.55 bits per heavy atom. The van der Waals surface area contributed by atoms with Gasteiger partial charge in [-0.25, -0.2) is 0 Å². The third-order valence-corrected chi connectivity index (χ3v) is 5.14. The molecule has 0 N–H and O–H groups in total. The van der Waals surface area contributed by atoms with E-state index in [1.807, 2.05) is 61.5 Å². The fourth-order valence-electron chi connectivity index (χ4n) is 3.49. The van der Waals surface area contributed by atoms with Crippen LogP contribution in [0.4, 0.5) is 0 Å². The molecule has 0 spiro atoms. The summed E-state index contributed by atoms with van der Waals surface area (Å²) < 4.78 is 22.2. The van der Waals surface area contributed by atoms with Crippen LogP contribution in [0.15, 0.2) is 71.7 Å². The van der Waals surface area contributed by atoms with Gasteiger partial charge < -0.3 is 18.9 Å². The first-order chi connectivity index (χ1) is 16.1. The fraction of sp³-hybridized carbons (Fsp3) is 0.259. The third kappa shape index (κ3) is 6.13. The SMILES string of the molecule is COc1ccc(CC(C)/N=C\C(=O)c2ccccc2OCc2ccccc2)c(OC)c1OC. The topological polar surface area (TPSA) is 66.4 Å². The number of aliphatic imine (C=N–C) groups is 1. The number of nitrogens with zero attached hydrogens (tertiary/aromatic N) is 1. The van der Waals surface area contributed by atoms with Gasteiger partial charge in [-0.15, -0.1) is 0 Å². The first-order valence-electron chi connectivity index (χ1n) is 10.7. The van der Waals surface area contributed by atoms with E-state index >= 15 is 0 Å². The maximum atomic E-state index is 12.9. The lowest BCUT2D eigenvalue weighted by Gasteiger charge is -2.16. The van der Waals surface area contributed by atoms with Crippen LogP contribution in [0.3, 0.4) is 0 Å². The lowest BCUT2D eigenvalue weighted by Crippen LogP contribution is -2.10. The Bertz CT molecular complexity index is 1090. The number of benzene rings is 3. The van der Waals surface area contributed by atoms with Crippen molar-refractivity contribution in [2.75, 3.05) is 21.3 Å². The molecule has 0 bridgehead atoms. The molecule has 0 amide bonds. The number of rotatable bonds is 11. The summed E-state index contributed by atoms with van der Waals surface area (Å²) in [5.74, 6) is 2.06. The van der Waals surface area contributed by atoms with Crippen molar-refractivity contribution in [1.29, 1.82) is 0 Å². The van der Waals surface area contributed by atoms with E-state index in [9.17, 15) is 4.79 Å². The van der Waals surface area contributed by atoms with Crippen molar-refractivity contribution in [1.82, 2.24) is 0 Å². The normalized spacial score (nSPS) is 11.8. The Morgan fingerprint density at radius 3 is 2.24 bits per heavy atom. The van der Waals surface area contributed by atoms with Gasteiger partial charge in [-0.2, -0.15) is 0 Å². The monoisotopic (exact) mass is 447 g/mol. The second-order valence-corrected chi connectivity index (χ2v) is 7.46. The van der Waals surface area contributed by atoms with Crippen molar-refractivity contribution in [3.63, 3.8) is 0 Å². The molecule has 0 aliphatic carbocycles. The Balaban J connectivity index is 1.70. The number of methoxy groups -OCH3 is 3. The molecule has 0 radical (unpaired) electrons. The molecule has 1 atom stereocenters. The molecule has 0 aliphatic heterocycles. The maximum absolute atomic E-state index is 12.9. The van der Waals surface area contributed by atoms with Crippen molar-refractivity contribution >= 4 is 12.0 Å². The summed E-state index contributed by atoms with van der Waals surface area (Å²) >= 11 is 0. The predicted molar refractivity (Wildman–Crippen MR) is 129 cm³/mol. The molecule has 0 aromatic heterocycles. The number of carbonyl (C=O) groups excluding carboxylic acids is 1. The summed E-state index contributed by atoms with van der Waals surface area (Å²) in [5, 5.41) is 0. The van der Waals surface area contributed by atoms with E-state index in [4.69, 9.17) is 18.9 Å². The van der Waals surface area contributed by atoms with Crippen LogP contribution in [-0.2, 0) is 13.0 Å². The van der Waals surface area contributed by atoms with E-state index in [2.05, 4.69) is 4.99 Å². The van der Waals surface area contributed by atoms with E-state index in [1.54, 1.807) is 33.5 Å². The molecular formula is C27H29NO5. The van der Waals surface area contributed by atoms with Gasteiger partial charge in [-0.05, 0) is 37.1 Å². The summed E-state index contributed by atoms with van der Waals surface area (Å²) in [4.78, 5) is 17.3. The molecule has 0 saturated carbocycles. The molecule has 3 aromatic rings. The first-order valence-corrected chi connectivity index (χ1v) is 10.7. The molecule has 1 unspecified atom stereocenters. The van der Waals surface area contributed by atoms with E-state index < -0.39 is 0 Å². The molecule has 3 rings (SSSR count). The predicted octanol–water partition coefficient (Wildman–Crippen LogP) is 5.18. The van der Waals surface area contributed by atoms with Crippen LogP contribution in [0.25, 0.3) is 0 Å². The highest BCUT2D eigenvalue weighted by molar-refractivity contribution is 6.36. The second-order valence-electron chi connectivity index (χ2n) is 7.46. The Kier molecular flexibility index (Phi) is 8.47. The number of ketones is 1. The van der Waals surface area contributed by atoms with Gasteiger partial charge in [0.1, 0.15) is 12.4 Å². The van der Waals surface area contributed by atoms with Gasteiger partial charge in [0.15, 0.2) is 11.5 Å². The molecule has 0 saturated heterocycles. The van der Waals surface area contributed by atoms with Crippen LogP contribution in [0, 0.1) is 0 Å². The fourth-order valence-corrected chi connectivity index (χ4v) is 3.49. The van der Waals surface area contributed by atoms with Crippen LogP contribution < -0.4 is 18.9 Å². The second kappa shape index (κ2) is 11.7. The highest BCUT2D eigenvalue weighted by atomic mass is 16.5. The van der Waals surface area contributed by atoms with Gasteiger partial charge in [0.05, 0.1) is 39.1 Å². The molecule has 172 valence electrons. The highest BCUT2D eigenvalue weighted by Crippen LogP contribution is 2.40. The molecule has 6 nitrogen and oxygen atoms in total. The van der Waals surface area contributed by atoms with Gasteiger partial charge in [-0.1, -0.05) is 48.5 Å². The van der Waals surface area contributed by atoms with Crippen molar-refractivity contribution in [3.05, 3.63) is 83.4 Å². The van der Waals surface area contributed by atoms with Crippen molar-refractivity contribution < 1.29 is 23.7 Å². The van der Waals surface area contributed by atoms with E-state index in [-0.39, 0.29) is 11.8 Å². The van der Waals surface area contributed by atoms with Crippen molar-refractivity contribution in [2.24, 2.45) is 4.99 Å². The van der Waals surface area contributed by atoms with Crippen molar-refractivity contribution in [3.8, 4) is 23.0 Å². The smallest absolute Gasteiger partial charge is 0.207 e. The number of carbonyl (C=O) groups is 1. The number of Topliss-reactive ketones (excluding diaryl/α,β-unsaturated/α-hetero) is 1. The average molecular weight is 448 g/mol. The summed E-state index contributed by atoms with van der Waals surface area (Å²) in [6, 6.07) is 20.6. The highest BCUT2D eigenvalue weighted by Gasteiger charge is 2.17. The summed E-state index contributed by atoms with van der Waals surface area (Å²) in [5.41, 5.74) is 2.43. The van der Waals surface area contributed by atoms with Crippen LogP contribution in [0.5, 0.6) is 23.0 Å². The van der Waals surface area contributed by atoms with Crippen LogP contribution in [0.1, 0.15) is 28.4 Å². The van der Waals surface area contributed by atoms with Gasteiger partial charge in [0.2, 0.25) is 11.5 Å². The Labute approximate surface area is 194 Å². The quantitative estimate of drug-likeness (QED) is 0.299. The minimum Gasteiger partial charge on any atom is -0.493 e. The lowest BCUT2D eigenvalue weighted by atomic mass is 10.0. The van der Waals surface area contributed by atoms with E-state index in [1.165, 1.54) is 6.21 Å². The first kappa shape index (κ1) is 23.9. The van der Waals surface area contributed by atoms with Gasteiger partial charge in [0, 0.05) is 5.56 Å². The van der Waals surface area contributed by atoms with E-state index in [0.717, 1.165) is 11.1 Å². The summed E-state index contributed by atoms with van der Waals surface area (Å²) in [7, 11) is 4.74. The third-order valence-electron chi connectivity index (χ3n) is 5.14. The zero-order valence-electron chi connectivity index (χ0n) is 19.4. The minimum atomic E-state index is -0.204. The minimum absolute atomic E-state index is 0.154. The number of hydrogen-bond acceptors (Lipinski definition) is 6. The molecule has 3 aromatic carbocycles. The summed E-state index contributed by atoms with van der Waals surface area (Å²) in [6.07, 6.45) is 1.93. The molecule has 33 heavy (non-hydrogen) atoms. The molecule has 0 fully saturated rings. The van der Waals surface area contributed by atoms with Crippen molar-refractivity contribution in [2.45, 2.75) is 26.0 Å². The molecule has 0 aliphatic rings. The largest absolute Gasteiger partial charge is 0.493 e. The maximum Gasteiger partial charge on any atom is 0.207 e. The van der Waals surface area contributed by atoms with Gasteiger partial charge in [-0.3, -0.25) is 9.79 Å². The Hall–Kier alpha value is -3.80. The zero-order chi connectivity index (χ0) is 23.6. The molecule has 0 heterocycles. The van der Waals surface area contributed by atoms with E-state index in [0.29, 0.717) is 41.6 Å². The van der Waals surface area contributed by atoms with Crippen LogP contribution >= 0.6 is 0 Å². The molecular weight excluding hydrogens is 418 g/mol. The number of para-hydroxylation sites is 1. The average Bonchev–Trinajstić information content (AvgIpc) is 2.86. The Morgan fingerprint density at radius 1 is 0.848 bits per heavy atom. The number of ether oxygens (including phenoxy) is 4. The lowest BCUT2D eigenvalue weighted by molar-refractivity contribution is 0.106. The standard InChI is InChI=1S/C27H29NO5/c1-19(16-21-14-15-25(30-2)27(32-4)26(21)31-3)28-17-23(29)22-12-8-9-13-24(22)33-18-20-10-6-5-7-11-20/h5-15,17,19H,16,18H2,1-4H3/b28-17-. The van der Waals surface area contributed by atoms with Gasteiger partial charge in [0.25, 0.3) is 0 Å². The molecule has 6 heteroatoms. The summed E-state index contributed by atoms with van der Waals surface area (Å²) in [6.45, 7) is 2.33. The number of hydrogen-bond donors (Lipinski definition) is 0. The van der Waals surface area contributed by atoms with Gasteiger partial charge >= 0.3 is 0 Å². The van der Waals surface area contributed by atoms with Crippen LogP contribution in [0.2, 0.25) is 0 Å². The zero-order valence-corrected chi connectivity index (χ0v) is 19.4.